The summed E-state index contributed by atoms with van der Waals surface area (Å²) in [5.41, 5.74) is 7.78. The number of carbonyl (C=O) groups excluding carboxylic acids is 1. The molecule has 1 saturated heterocycles. The Labute approximate surface area is 191 Å². The number of piperazine rings is 1. The van der Waals surface area contributed by atoms with Gasteiger partial charge in [-0.1, -0.05) is 23.7 Å². The van der Waals surface area contributed by atoms with Crippen LogP contribution in [-0.4, -0.2) is 47.3 Å². The van der Waals surface area contributed by atoms with Gasteiger partial charge < -0.3 is 10.6 Å². The number of carbonyl (C=O) groups is 1. The normalized spacial score (nSPS) is 17.4. The molecule has 1 aliphatic rings. The zero-order valence-electron chi connectivity index (χ0n) is 17.6. The molecular formula is C23H24ClFN6O. The fourth-order valence-corrected chi connectivity index (χ4v) is 3.77. The maximum atomic E-state index is 13.1. The summed E-state index contributed by atoms with van der Waals surface area (Å²) in [5, 5.41) is 11.4. The van der Waals surface area contributed by atoms with Crippen molar-refractivity contribution in [3.8, 4) is 6.19 Å². The predicted molar refractivity (Wildman–Crippen MR) is 123 cm³/mol. The number of aliphatic imine (C=N–C) groups is 1. The Morgan fingerprint density at radius 1 is 1.34 bits per heavy atom. The van der Waals surface area contributed by atoms with E-state index < -0.39 is 0 Å². The highest BCUT2D eigenvalue weighted by atomic mass is 35.5. The molecule has 0 spiro atoms. The second kappa shape index (κ2) is 10.8. The summed E-state index contributed by atoms with van der Waals surface area (Å²) >= 11 is 6.09. The largest absolute Gasteiger partial charge is 0.369 e. The lowest BCUT2D eigenvalue weighted by Gasteiger charge is -2.39. The molecule has 0 radical (unpaired) electrons. The summed E-state index contributed by atoms with van der Waals surface area (Å²) in [7, 11) is 0. The second-order valence-electron chi connectivity index (χ2n) is 7.51. The zero-order chi connectivity index (χ0) is 23.1. The van der Waals surface area contributed by atoms with Crippen molar-refractivity contribution in [2.45, 2.75) is 19.5 Å². The topological polar surface area (TPSA) is 97.8 Å². The van der Waals surface area contributed by atoms with Crippen molar-refractivity contribution in [1.82, 2.24) is 15.1 Å². The lowest BCUT2D eigenvalue weighted by Crippen LogP contribution is -2.53. The number of nitrogens with zero attached hydrogens (tertiary/aromatic N) is 4. The molecule has 1 unspecified atom stereocenters. The van der Waals surface area contributed by atoms with Gasteiger partial charge in [0.2, 0.25) is 11.9 Å². The van der Waals surface area contributed by atoms with Gasteiger partial charge in [0.1, 0.15) is 5.82 Å². The average Bonchev–Trinajstić information content (AvgIpc) is 2.75. The third kappa shape index (κ3) is 6.30. The number of nitrogens with one attached hydrogen (secondary N) is 1. The van der Waals surface area contributed by atoms with Crippen LogP contribution in [0.25, 0.3) is 6.08 Å². The Bertz CT molecular complexity index is 1060. The van der Waals surface area contributed by atoms with Crippen LogP contribution < -0.4 is 11.1 Å². The van der Waals surface area contributed by atoms with Crippen LogP contribution in [-0.2, 0) is 11.3 Å². The third-order valence-corrected chi connectivity index (χ3v) is 5.37. The van der Waals surface area contributed by atoms with Crippen molar-refractivity contribution in [3.63, 3.8) is 0 Å². The van der Waals surface area contributed by atoms with Gasteiger partial charge in [-0.15, -0.1) is 0 Å². The minimum atomic E-state index is -0.248. The molecule has 3 rings (SSSR count). The number of benzene rings is 2. The zero-order valence-corrected chi connectivity index (χ0v) is 18.4. The van der Waals surface area contributed by atoms with E-state index in [0.717, 1.165) is 18.7 Å². The molecule has 1 amide bonds. The van der Waals surface area contributed by atoms with Gasteiger partial charge in [-0.3, -0.25) is 15.0 Å². The molecule has 1 atom stereocenters. The van der Waals surface area contributed by atoms with Gasteiger partial charge >= 0.3 is 0 Å². The molecule has 0 saturated carbocycles. The van der Waals surface area contributed by atoms with Crippen LogP contribution in [0.1, 0.15) is 18.1 Å². The Kier molecular flexibility index (Phi) is 7.82. The first-order chi connectivity index (χ1) is 15.4. The number of guanidine groups is 1. The third-order valence-electron chi connectivity index (χ3n) is 5.13. The van der Waals surface area contributed by atoms with E-state index in [4.69, 9.17) is 22.6 Å². The molecule has 0 aliphatic carbocycles. The number of halogens is 2. The maximum absolute atomic E-state index is 13.1. The number of hydrogen-bond donors (Lipinski definition) is 2. The number of amides is 1. The van der Waals surface area contributed by atoms with E-state index in [2.05, 4.69) is 15.2 Å². The van der Waals surface area contributed by atoms with Crippen LogP contribution in [0.4, 0.5) is 10.1 Å². The highest BCUT2D eigenvalue weighted by Gasteiger charge is 2.26. The molecule has 32 heavy (non-hydrogen) atoms. The second-order valence-corrected chi connectivity index (χ2v) is 7.95. The standard InChI is InChI=1S/C23H24ClFN6O/c1-16-13-30(14-17-2-6-20(25)7-3-17)10-11-31(16)22(32)9-4-18-12-19(24)5-8-21(18)29-23(27)28-15-26/h2-9,12,16H,10-11,13-14H2,1H3,(H3,27,28,29). The molecule has 1 fully saturated rings. The molecule has 2 aromatic carbocycles. The van der Waals surface area contributed by atoms with Crippen LogP contribution in [0.5, 0.6) is 0 Å². The summed E-state index contributed by atoms with van der Waals surface area (Å²) in [5.74, 6) is -0.416. The van der Waals surface area contributed by atoms with Gasteiger partial charge in [0.05, 0.1) is 5.69 Å². The Balaban J connectivity index is 1.65. The minimum absolute atomic E-state index is 0.0219. The fourth-order valence-electron chi connectivity index (χ4n) is 3.58. The Hall–Kier alpha value is -3.41. The summed E-state index contributed by atoms with van der Waals surface area (Å²) in [4.78, 5) is 21.0. The fraction of sp³-hybridized carbons (Fsp3) is 0.261. The summed E-state index contributed by atoms with van der Waals surface area (Å²) in [6, 6.07) is 11.5. The first kappa shape index (κ1) is 23.3. The predicted octanol–water partition coefficient (Wildman–Crippen LogP) is 3.24. The van der Waals surface area contributed by atoms with Crippen molar-refractivity contribution in [2.24, 2.45) is 10.7 Å². The lowest BCUT2D eigenvalue weighted by atomic mass is 10.1. The van der Waals surface area contributed by atoms with E-state index in [1.165, 1.54) is 18.2 Å². The van der Waals surface area contributed by atoms with Gasteiger partial charge in [0.15, 0.2) is 6.19 Å². The van der Waals surface area contributed by atoms with E-state index in [1.807, 2.05) is 11.8 Å². The number of nitriles is 1. The van der Waals surface area contributed by atoms with Crippen molar-refractivity contribution < 1.29 is 9.18 Å². The number of nitrogens with two attached hydrogens (primary N) is 1. The Morgan fingerprint density at radius 2 is 2.09 bits per heavy atom. The van der Waals surface area contributed by atoms with Gasteiger partial charge in [-0.2, -0.15) is 5.26 Å². The molecular weight excluding hydrogens is 431 g/mol. The molecule has 1 aliphatic heterocycles. The molecule has 0 aromatic heterocycles. The van der Waals surface area contributed by atoms with E-state index >= 15 is 0 Å². The van der Waals surface area contributed by atoms with Gasteiger partial charge in [-0.05, 0) is 48.9 Å². The first-order valence-electron chi connectivity index (χ1n) is 10.1. The van der Waals surface area contributed by atoms with E-state index in [9.17, 15) is 9.18 Å². The monoisotopic (exact) mass is 454 g/mol. The van der Waals surface area contributed by atoms with Crippen LogP contribution in [0.15, 0.2) is 53.5 Å². The van der Waals surface area contributed by atoms with Crippen LogP contribution in [0.2, 0.25) is 5.02 Å². The quantitative estimate of drug-likeness (QED) is 0.237. The summed E-state index contributed by atoms with van der Waals surface area (Å²) in [6.45, 7) is 4.76. The van der Waals surface area contributed by atoms with E-state index in [0.29, 0.717) is 29.4 Å². The van der Waals surface area contributed by atoms with Crippen molar-refractivity contribution >= 4 is 35.2 Å². The van der Waals surface area contributed by atoms with Crippen LogP contribution >= 0.6 is 11.6 Å². The smallest absolute Gasteiger partial charge is 0.246 e. The van der Waals surface area contributed by atoms with Crippen LogP contribution in [0, 0.1) is 17.3 Å². The minimum Gasteiger partial charge on any atom is -0.369 e. The molecule has 9 heteroatoms. The Morgan fingerprint density at radius 3 is 2.78 bits per heavy atom. The van der Waals surface area contributed by atoms with Gasteiger partial charge in [0, 0.05) is 48.9 Å². The maximum Gasteiger partial charge on any atom is 0.246 e. The van der Waals surface area contributed by atoms with Gasteiger partial charge in [-0.25, -0.2) is 9.38 Å². The summed E-state index contributed by atoms with van der Waals surface area (Å²) < 4.78 is 13.1. The molecule has 7 nitrogen and oxygen atoms in total. The van der Waals surface area contributed by atoms with E-state index in [-0.39, 0.29) is 23.7 Å². The molecule has 3 N–H and O–H groups in total. The molecule has 0 bridgehead atoms. The highest BCUT2D eigenvalue weighted by Crippen LogP contribution is 2.25. The average molecular weight is 455 g/mol. The molecule has 2 aromatic rings. The summed E-state index contributed by atoms with van der Waals surface area (Å²) in [6.07, 6.45) is 4.84. The first-order valence-corrected chi connectivity index (χ1v) is 10.5. The molecule has 166 valence electrons. The number of rotatable bonds is 5. The lowest BCUT2D eigenvalue weighted by molar-refractivity contribution is -0.130. The highest BCUT2D eigenvalue weighted by molar-refractivity contribution is 6.30. The van der Waals surface area contributed by atoms with Gasteiger partial charge in [0.25, 0.3) is 0 Å². The van der Waals surface area contributed by atoms with Crippen LogP contribution in [0.3, 0.4) is 0 Å². The number of hydrogen-bond acceptors (Lipinski definition) is 4. The molecule has 1 heterocycles. The van der Waals surface area contributed by atoms with Crippen molar-refractivity contribution in [3.05, 3.63) is 70.5 Å². The van der Waals surface area contributed by atoms with Crippen molar-refractivity contribution in [2.75, 3.05) is 19.6 Å². The SMILES string of the molecule is CC1CN(Cc2ccc(F)cc2)CCN1C(=O)C=Cc1cc(Cl)ccc1N=C(N)NC#N. The van der Waals surface area contributed by atoms with E-state index in [1.54, 1.807) is 42.6 Å². The van der Waals surface area contributed by atoms with Crippen molar-refractivity contribution in [1.29, 1.82) is 5.26 Å².